The first-order valence-electron chi connectivity index (χ1n) is 1.78. The molecular weight excluding hydrogens is 94.1 g/mol. The van der Waals surface area contributed by atoms with E-state index in [1.165, 1.54) is 0 Å². The normalized spacial score (nSPS) is 21.3. The second kappa shape index (κ2) is 2.26. The summed E-state index contributed by atoms with van der Waals surface area (Å²) < 4.78 is 2.86. The van der Waals surface area contributed by atoms with Crippen LogP contribution in [0.5, 0.6) is 0 Å². The lowest BCUT2D eigenvalue weighted by Gasteiger charge is -1.98. The number of rotatable bonds is 0. The lowest BCUT2D eigenvalue weighted by atomic mass is 10.4. The molecule has 0 atom stereocenters. The van der Waals surface area contributed by atoms with Crippen molar-refractivity contribution < 1.29 is 0 Å². The molecule has 0 saturated heterocycles. The third kappa shape index (κ3) is 1.03. The lowest BCUT2D eigenvalue weighted by Crippen LogP contribution is -1.97. The standard InChI is InChI=1S/C4H5NS/c1-2-4-6-5-3-1/h2,4-5H,1H2. The summed E-state index contributed by atoms with van der Waals surface area (Å²) in [7, 11) is 0. The van der Waals surface area contributed by atoms with Crippen molar-refractivity contribution in [2.45, 2.75) is 6.42 Å². The molecule has 0 aromatic carbocycles. The zero-order valence-corrected chi connectivity index (χ0v) is 4.09. The third-order valence-electron chi connectivity index (χ3n) is 0.515. The lowest BCUT2D eigenvalue weighted by molar-refractivity contribution is 1.08. The Morgan fingerprint density at radius 3 is 3.00 bits per heavy atom. The molecule has 1 aliphatic rings. The van der Waals surface area contributed by atoms with Crippen LogP contribution in [0.2, 0.25) is 0 Å². The zero-order chi connectivity index (χ0) is 4.24. The van der Waals surface area contributed by atoms with E-state index >= 15 is 0 Å². The summed E-state index contributed by atoms with van der Waals surface area (Å²) in [5, 5.41) is 2.01. The smallest absolute Gasteiger partial charge is 0.0744 e. The molecule has 0 bridgehead atoms. The van der Waals surface area contributed by atoms with E-state index in [4.69, 9.17) is 0 Å². The molecule has 0 aromatic heterocycles. The van der Waals surface area contributed by atoms with E-state index < -0.39 is 0 Å². The van der Waals surface area contributed by atoms with Crippen LogP contribution in [0.25, 0.3) is 0 Å². The van der Waals surface area contributed by atoms with Crippen LogP contribution >= 0.6 is 11.9 Å². The van der Waals surface area contributed by atoms with Crippen LogP contribution < -0.4 is 4.72 Å². The average Bonchev–Trinajstić information content (AvgIpc) is 1.72. The predicted octanol–water partition coefficient (Wildman–Crippen LogP) is 1.18. The van der Waals surface area contributed by atoms with Gasteiger partial charge < -0.3 is 0 Å². The molecule has 2 radical (unpaired) electrons. The summed E-state index contributed by atoms with van der Waals surface area (Å²) in [6, 6.07) is 0. The molecule has 32 valence electrons. The van der Waals surface area contributed by atoms with Crippen LogP contribution in [0.15, 0.2) is 11.5 Å². The van der Waals surface area contributed by atoms with E-state index in [1.807, 2.05) is 5.41 Å². The quantitative estimate of drug-likeness (QED) is 0.458. The highest BCUT2D eigenvalue weighted by molar-refractivity contribution is 8.00. The fraction of sp³-hybridized carbons (Fsp3) is 0.250. The average molecular weight is 99.2 g/mol. The van der Waals surface area contributed by atoms with Crippen molar-refractivity contribution in [2.24, 2.45) is 0 Å². The van der Waals surface area contributed by atoms with Crippen molar-refractivity contribution in [3.05, 3.63) is 18.0 Å². The second-order valence-electron chi connectivity index (χ2n) is 0.973. The molecule has 0 fully saturated rings. The van der Waals surface area contributed by atoms with Gasteiger partial charge in [-0.3, -0.25) is 0 Å². The Bertz CT molecular complexity index is 52.6. The van der Waals surface area contributed by atoms with Gasteiger partial charge in [-0.1, -0.05) is 18.0 Å². The van der Waals surface area contributed by atoms with Crippen molar-refractivity contribution >= 4 is 11.9 Å². The molecule has 2 heteroatoms. The molecule has 0 aromatic rings. The molecule has 1 heterocycles. The van der Waals surface area contributed by atoms with Gasteiger partial charge in [-0.2, -0.15) is 0 Å². The zero-order valence-electron chi connectivity index (χ0n) is 3.27. The van der Waals surface area contributed by atoms with Gasteiger partial charge in [-0.15, -0.1) is 0 Å². The van der Waals surface area contributed by atoms with Gasteiger partial charge in [0.05, 0.1) is 6.54 Å². The van der Waals surface area contributed by atoms with E-state index in [9.17, 15) is 0 Å². The van der Waals surface area contributed by atoms with Gasteiger partial charge in [0.25, 0.3) is 0 Å². The van der Waals surface area contributed by atoms with Gasteiger partial charge in [0.1, 0.15) is 0 Å². The predicted molar refractivity (Wildman–Crippen MR) is 27.7 cm³/mol. The van der Waals surface area contributed by atoms with Gasteiger partial charge >= 0.3 is 0 Å². The number of hydrogen-bond donors (Lipinski definition) is 1. The SMILES string of the molecule is [C]1CC=CSN1. The Morgan fingerprint density at radius 1 is 1.83 bits per heavy atom. The minimum absolute atomic E-state index is 0.938. The maximum atomic E-state index is 2.91. The first-order chi connectivity index (χ1) is 3.00. The fourth-order valence-electron chi connectivity index (χ4n) is 0.273. The summed E-state index contributed by atoms with van der Waals surface area (Å²) in [4.78, 5) is 0. The minimum Gasteiger partial charge on any atom is -0.250 e. The largest absolute Gasteiger partial charge is 0.250 e. The van der Waals surface area contributed by atoms with Crippen LogP contribution in [-0.4, -0.2) is 0 Å². The van der Waals surface area contributed by atoms with Crippen molar-refractivity contribution in [3.8, 4) is 0 Å². The van der Waals surface area contributed by atoms with Crippen molar-refractivity contribution in [3.63, 3.8) is 0 Å². The van der Waals surface area contributed by atoms with Gasteiger partial charge in [0.2, 0.25) is 0 Å². The first kappa shape index (κ1) is 4.22. The van der Waals surface area contributed by atoms with E-state index in [1.54, 1.807) is 11.9 Å². The first-order valence-corrected chi connectivity index (χ1v) is 2.66. The fourth-order valence-corrected chi connectivity index (χ4v) is 0.700. The van der Waals surface area contributed by atoms with Crippen molar-refractivity contribution in [1.29, 1.82) is 0 Å². The molecular formula is C4H5NS. The number of nitrogens with one attached hydrogen (secondary N) is 1. The molecule has 0 unspecified atom stereocenters. The summed E-state index contributed by atoms with van der Waals surface area (Å²) in [5.41, 5.74) is 0. The Hall–Kier alpha value is 0.0500. The maximum Gasteiger partial charge on any atom is 0.0744 e. The third-order valence-corrected chi connectivity index (χ3v) is 1.11. The Morgan fingerprint density at radius 2 is 2.83 bits per heavy atom. The number of hydrogen-bond acceptors (Lipinski definition) is 2. The summed E-state index contributed by atoms with van der Waals surface area (Å²) in [6.07, 6.45) is 2.99. The Kier molecular flexibility index (Phi) is 1.59. The highest BCUT2D eigenvalue weighted by Gasteiger charge is 1.87. The molecule has 1 rings (SSSR count). The monoisotopic (exact) mass is 99.0 g/mol. The summed E-state index contributed by atoms with van der Waals surface area (Å²) >= 11 is 1.55. The van der Waals surface area contributed by atoms with E-state index in [2.05, 4.69) is 17.3 Å². The van der Waals surface area contributed by atoms with E-state index in [0.717, 1.165) is 6.42 Å². The molecule has 1 aliphatic heterocycles. The Labute approximate surface area is 41.9 Å². The van der Waals surface area contributed by atoms with Crippen LogP contribution in [-0.2, 0) is 0 Å². The molecule has 0 aliphatic carbocycles. The van der Waals surface area contributed by atoms with Gasteiger partial charge in [0.15, 0.2) is 0 Å². The summed E-state index contributed by atoms with van der Waals surface area (Å²) in [6.45, 7) is 2.91. The highest BCUT2D eigenvalue weighted by atomic mass is 32.2. The van der Waals surface area contributed by atoms with Crippen molar-refractivity contribution in [1.82, 2.24) is 4.72 Å². The molecule has 0 amide bonds. The summed E-state index contributed by atoms with van der Waals surface area (Å²) in [5.74, 6) is 0. The van der Waals surface area contributed by atoms with Gasteiger partial charge in [0, 0.05) is 0 Å². The van der Waals surface area contributed by atoms with Crippen LogP contribution in [0, 0.1) is 6.54 Å². The molecule has 0 spiro atoms. The van der Waals surface area contributed by atoms with Crippen LogP contribution in [0.3, 0.4) is 0 Å². The highest BCUT2D eigenvalue weighted by Crippen LogP contribution is 2.04. The van der Waals surface area contributed by atoms with Gasteiger partial charge in [-0.25, -0.2) is 4.72 Å². The molecule has 1 N–H and O–H groups in total. The van der Waals surface area contributed by atoms with Gasteiger partial charge in [-0.05, 0) is 11.8 Å². The van der Waals surface area contributed by atoms with E-state index in [0.29, 0.717) is 0 Å². The van der Waals surface area contributed by atoms with Crippen LogP contribution in [0.4, 0.5) is 0 Å². The van der Waals surface area contributed by atoms with Crippen molar-refractivity contribution in [2.75, 3.05) is 0 Å². The topological polar surface area (TPSA) is 12.0 Å². The molecule has 1 nitrogen and oxygen atoms in total. The Balaban J connectivity index is 2.26. The minimum atomic E-state index is 0.938. The molecule has 6 heavy (non-hydrogen) atoms. The van der Waals surface area contributed by atoms with E-state index in [-0.39, 0.29) is 0 Å². The second-order valence-corrected chi connectivity index (χ2v) is 1.68. The van der Waals surface area contributed by atoms with Crippen LogP contribution in [0.1, 0.15) is 6.42 Å². The maximum absolute atomic E-state index is 2.91. The molecule has 0 saturated carbocycles.